The summed E-state index contributed by atoms with van der Waals surface area (Å²) in [5.41, 5.74) is 1.72. The Hall–Kier alpha value is -2.51. The second kappa shape index (κ2) is 6.58. The highest BCUT2D eigenvalue weighted by molar-refractivity contribution is 7.13. The number of morpholine rings is 1. The van der Waals surface area contributed by atoms with E-state index >= 15 is 0 Å². The summed E-state index contributed by atoms with van der Waals surface area (Å²) in [7, 11) is 0. The molecule has 2 aromatic heterocycles. The predicted molar refractivity (Wildman–Crippen MR) is 106 cm³/mol. The Morgan fingerprint density at radius 1 is 1.30 bits per heavy atom. The molecule has 4 rings (SSSR count). The lowest BCUT2D eigenvalue weighted by atomic mass is 10.0. The van der Waals surface area contributed by atoms with Crippen LogP contribution in [0.15, 0.2) is 41.3 Å². The van der Waals surface area contributed by atoms with Gasteiger partial charge in [-0.2, -0.15) is 0 Å². The fourth-order valence-corrected chi connectivity index (χ4v) is 4.30. The molecule has 0 bridgehead atoms. The molecule has 1 saturated heterocycles. The number of aryl methyl sites for hydroxylation is 1. The Bertz CT molecular complexity index is 1080. The van der Waals surface area contributed by atoms with Crippen LogP contribution in [0.5, 0.6) is 0 Å². The fourth-order valence-electron chi connectivity index (χ4n) is 3.36. The molecule has 7 heteroatoms. The van der Waals surface area contributed by atoms with Crippen molar-refractivity contribution in [1.82, 2.24) is 13.8 Å². The Balaban J connectivity index is 1.74. The monoisotopic (exact) mass is 383 g/mol. The van der Waals surface area contributed by atoms with E-state index in [-0.39, 0.29) is 17.1 Å². The molecule has 0 saturated carbocycles. The van der Waals surface area contributed by atoms with Crippen LogP contribution in [0.25, 0.3) is 15.9 Å². The highest BCUT2D eigenvalue weighted by Crippen LogP contribution is 2.23. The first kappa shape index (κ1) is 17.9. The summed E-state index contributed by atoms with van der Waals surface area (Å²) in [4.78, 5) is 32.6. The number of aromatic nitrogens is 2. The topological polar surface area (TPSA) is 64.4 Å². The SMILES string of the molecule is Cc1ccc(-n2sc3ncccc3c2=O)cc1C(=O)N1CCOC(C)(C)C1. The van der Waals surface area contributed by atoms with Crippen LogP contribution in [0.2, 0.25) is 0 Å². The van der Waals surface area contributed by atoms with Crippen LogP contribution in [0.1, 0.15) is 29.8 Å². The maximum atomic E-state index is 13.1. The summed E-state index contributed by atoms with van der Waals surface area (Å²) in [5, 5.41) is 0.589. The van der Waals surface area contributed by atoms with Gasteiger partial charge in [-0.05, 0) is 62.1 Å². The number of rotatable bonds is 2. The van der Waals surface area contributed by atoms with Gasteiger partial charge in [0.2, 0.25) is 0 Å². The number of nitrogens with zero attached hydrogens (tertiary/aromatic N) is 3. The number of carbonyl (C=O) groups is 1. The van der Waals surface area contributed by atoms with Gasteiger partial charge in [0.25, 0.3) is 11.5 Å². The molecule has 1 fully saturated rings. The Morgan fingerprint density at radius 2 is 2.11 bits per heavy atom. The van der Waals surface area contributed by atoms with Crippen molar-refractivity contribution >= 4 is 27.7 Å². The van der Waals surface area contributed by atoms with Gasteiger partial charge in [0.15, 0.2) is 0 Å². The molecule has 27 heavy (non-hydrogen) atoms. The molecular formula is C20H21N3O3S. The third kappa shape index (κ3) is 3.28. The van der Waals surface area contributed by atoms with E-state index in [0.717, 1.165) is 5.56 Å². The van der Waals surface area contributed by atoms with Gasteiger partial charge >= 0.3 is 0 Å². The molecule has 0 unspecified atom stereocenters. The first-order valence-electron chi connectivity index (χ1n) is 8.87. The number of hydrogen-bond acceptors (Lipinski definition) is 5. The van der Waals surface area contributed by atoms with Crippen LogP contribution >= 0.6 is 11.5 Å². The Morgan fingerprint density at radius 3 is 2.85 bits per heavy atom. The van der Waals surface area contributed by atoms with Crippen LogP contribution in [-0.4, -0.2) is 45.0 Å². The third-order valence-electron chi connectivity index (χ3n) is 4.76. The summed E-state index contributed by atoms with van der Waals surface area (Å²) in [6.07, 6.45) is 1.67. The first-order chi connectivity index (χ1) is 12.9. The van der Waals surface area contributed by atoms with Crippen molar-refractivity contribution in [3.05, 3.63) is 58.0 Å². The summed E-state index contributed by atoms with van der Waals surface area (Å²) in [6, 6.07) is 9.08. The van der Waals surface area contributed by atoms with Crippen molar-refractivity contribution in [1.29, 1.82) is 0 Å². The van der Waals surface area contributed by atoms with E-state index in [1.54, 1.807) is 28.4 Å². The Kier molecular flexibility index (Phi) is 4.36. The van der Waals surface area contributed by atoms with Crippen LogP contribution in [0.4, 0.5) is 0 Å². The molecule has 0 radical (unpaired) electrons. The lowest BCUT2D eigenvalue weighted by molar-refractivity contribution is -0.0764. The van der Waals surface area contributed by atoms with E-state index in [2.05, 4.69) is 4.98 Å². The van der Waals surface area contributed by atoms with Crippen molar-refractivity contribution in [3.63, 3.8) is 0 Å². The van der Waals surface area contributed by atoms with Crippen LogP contribution in [0, 0.1) is 6.92 Å². The largest absolute Gasteiger partial charge is 0.372 e. The van der Waals surface area contributed by atoms with E-state index < -0.39 is 0 Å². The van der Waals surface area contributed by atoms with Crippen molar-refractivity contribution in [3.8, 4) is 5.69 Å². The molecule has 3 aromatic rings. The van der Waals surface area contributed by atoms with Gasteiger partial charge in [-0.15, -0.1) is 0 Å². The molecule has 1 aromatic carbocycles. The average Bonchev–Trinajstić information content (AvgIpc) is 2.98. The fraction of sp³-hybridized carbons (Fsp3) is 0.350. The molecule has 0 aliphatic carbocycles. The van der Waals surface area contributed by atoms with Gasteiger partial charge in [-0.1, -0.05) is 6.07 Å². The zero-order valence-corrected chi connectivity index (χ0v) is 16.4. The molecule has 3 heterocycles. The van der Waals surface area contributed by atoms with Gasteiger partial charge in [0, 0.05) is 24.8 Å². The van der Waals surface area contributed by atoms with Crippen LogP contribution in [0.3, 0.4) is 0 Å². The summed E-state index contributed by atoms with van der Waals surface area (Å²) >= 11 is 1.29. The third-order valence-corrected chi connectivity index (χ3v) is 5.82. The van der Waals surface area contributed by atoms with Crippen molar-refractivity contribution in [2.45, 2.75) is 26.4 Å². The molecule has 6 nitrogen and oxygen atoms in total. The molecule has 1 amide bonds. The van der Waals surface area contributed by atoms with Gasteiger partial charge in [-0.3, -0.25) is 9.59 Å². The van der Waals surface area contributed by atoms with Gasteiger partial charge < -0.3 is 9.64 Å². The number of hydrogen-bond donors (Lipinski definition) is 0. The number of benzene rings is 1. The molecular weight excluding hydrogens is 362 g/mol. The van der Waals surface area contributed by atoms with Crippen LogP contribution in [-0.2, 0) is 4.74 Å². The number of fused-ring (bicyclic) bond motifs is 1. The highest BCUT2D eigenvalue weighted by Gasteiger charge is 2.31. The van der Waals surface area contributed by atoms with E-state index in [9.17, 15) is 9.59 Å². The van der Waals surface area contributed by atoms with E-state index in [1.165, 1.54) is 11.5 Å². The zero-order chi connectivity index (χ0) is 19.2. The molecule has 1 aliphatic heterocycles. The van der Waals surface area contributed by atoms with Gasteiger partial charge in [-0.25, -0.2) is 8.94 Å². The average molecular weight is 383 g/mol. The summed E-state index contributed by atoms with van der Waals surface area (Å²) in [5.74, 6) is -0.0296. The van der Waals surface area contributed by atoms with E-state index in [1.807, 2.05) is 37.8 Å². The molecule has 0 N–H and O–H groups in total. The van der Waals surface area contributed by atoms with Gasteiger partial charge in [0.1, 0.15) is 4.83 Å². The number of amides is 1. The van der Waals surface area contributed by atoms with Crippen molar-refractivity contribution in [2.75, 3.05) is 19.7 Å². The smallest absolute Gasteiger partial charge is 0.274 e. The standard InChI is InChI=1S/C20H21N3O3S/c1-13-6-7-14(23-19(25)15-5-4-8-21-17(15)27-23)11-16(13)18(24)22-9-10-26-20(2,3)12-22/h4-8,11H,9-10,12H2,1-3H3. The lowest BCUT2D eigenvalue weighted by Gasteiger charge is -2.38. The van der Waals surface area contributed by atoms with Crippen LogP contribution < -0.4 is 5.56 Å². The number of ether oxygens (including phenoxy) is 1. The molecule has 0 atom stereocenters. The highest BCUT2D eigenvalue weighted by atomic mass is 32.1. The minimum atomic E-state index is -0.354. The quantitative estimate of drug-likeness (QED) is 0.682. The minimum Gasteiger partial charge on any atom is -0.372 e. The normalized spacial score (nSPS) is 16.6. The minimum absolute atomic E-state index is 0.0296. The second-order valence-corrected chi connectivity index (χ2v) is 8.32. The van der Waals surface area contributed by atoms with Crippen molar-refractivity contribution < 1.29 is 9.53 Å². The zero-order valence-electron chi connectivity index (χ0n) is 15.6. The summed E-state index contributed by atoms with van der Waals surface area (Å²) < 4.78 is 7.30. The first-order valence-corrected chi connectivity index (χ1v) is 9.64. The van der Waals surface area contributed by atoms with Crippen molar-refractivity contribution in [2.24, 2.45) is 0 Å². The molecule has 1 aliphatic rings. The van der Waals surface area contributed by atoms with E-state index in [0.29, 0.717) is 41.2 Å². The predicted octanol–water partition coefficient (Wildman–Crippen LogP) is 3.01. The summed E-state index contributed by atoms with van der Waals surface area (Å²) in [6.45, 7) is 7.52. The number of carbonyl (C=O) groups excluding carboxylic acids is 1. The lowest BCUT2D eigenvalue weighted by Crippen LogP contribution is -2.50. The molecule has 140 valence electrons. The second-order valence-electron chi connectivity index (χ2n) is 7.38. The Labute approximate surface area is 161 Å². The maximum absolute atomic E-state index is 13.1. The maximum Gasteiger partial charge on any atom is 0.274 e. The number of pyridine rings is 1. The van der Waals surface area contributed by atoms with Gasteiger partial charge in [0.05, 0.1) is 23.3 Å². The van der Waals surface area contributed by atoms with E-state index in [4.69, 9.17) is 4.74 Å². The molecule has 0 spiro atoms.